The maximum Gasteiger partial charge on any atom is 0.306 e. The summed E-state index contributed by atoms with van der Waals surface area (Å²) < 4.78 is 31.7. The maximum atomic E-state index is 12.6. The van der Waals surface area contributed by atoms with Crippen molar-refractivity contribution in [3.8, 4) is 0 Å². The number of ketones is 1. The summed E-state index contributed by atoms with van der Waals surface area (Å²) >= 11 is 0. The van der Waals surface area contributed by atoms with E-state index in [0.717, 1.165) is 0 Å². The number of imidazole rings is 1. The van der Waals surface area contributed by atoms with E-state index in [1.165, 1.54) is 31.8 Å². The van der Waals surface area contributed by atoms with E-state index in [-0.39, 0.29) is 23.6 Å². The van der Waals surface area contributed by atoms with Crippen molar-refractivity contribution < 1.29 is 22.7 Å². The fourth-order valence-corrected chi connectivity index (χ4v) is 3.69. The zero-order valence-corrected chi connectivity index (χ0v) is 15.2. The quantitative estimate of drug-likeness (QED) is 0.470. The number of ether oxygens (including phenoxy) is 1. The number of rotatable bonds is 7. The molecule has 2 N–H and O–H groups in total. The summed E-state index contributed by atoms with van der Waals surface area (Å²) in [4.78, 5) is 30.4. The lowest BCUT2D eigenvalue weighted by atomic mass is 10.0. The molecule has 0 saturated heterocycles. The van der Waals surface area contributed by atoms with Crippen LogP contribution in [-0.4, -0.2) is 43.8 Å². The zero-order valence-electron chi connectivity index (χ0n) is 14.4. The van der Waals surface area contributed by atoms with Gasteiger partial charge in [0.1, 0.15) is 5.69 Å². The lowest BCUT2D eigenvalue weighted by Gasteiger charge is -2.09. The van der Waals surface area contributed by atoms with Crippen LogP contribution in [0.3, 0.4) is 0 Å². The van der Waals surface area contributed by atoms with Crippen LogP contribution in [0.15, 0.2) is 53.8 Å². The van der Waals surface area contributed by atoms with Crippen molar-refractivity contribution in [2.24, 2.45) is 0 Å². The van der Waals surface area contributed by atoms with Crippen LogP contribution in [0.4, 0.5) is 0 Å². The van der Waals surface area contributed by atoms with Crippen molar-refractivity contribution in [2.75, 3.05) is 13.7 Å². The standard InChI is InChI=1S/C18H17N3O5S/c1-26-17(22)7-8-21-27(24,25)13-5-6-14-12(9-13)3-2-4-15(14)18(23)16-10-19-11-20-16/h2-6,9-11,21H,7-8H2,1H3,(H,19,20). The van der Waals surface area contributed by atoms with Crippen LogP contribution in [0.25, 0.3) is 10.8 Å². The first kappa shape index (κ1) is 18.7. The van der Waals surface area contributed by atoms with Crippen LogP contribution in [0.5, 0.6) is 0 Å². The van der Waals surface area contributed by atoms with Gasteiger partial charge in [-0.2, -0.15) is 0 Å². The zero-order chi connectivity index (χ0) is 19.4. The molecule has 0 amide bonds. The first-order valence-electron chi connectivity index (χ1n) is 8.05. The number of esters is 1. The highest BCUT2D eigenvalue weighted by atomic mass is 32.2. The van der Waals surface area contributed by atoms with Gasteiger partial charge in [0, 0.05) is 12.1 Å². The minimum atomic E-state index is -3.79. The molecule has 3 rings (SSSR count). The molecule has 0 spiro atoms. The Morgan fingerprint density at radius 3 is 2.74 bits per heavy atom. The van der Waals surface area contributed by atoms with Gasteiger partial charge in [-0.15, -0.1) is 0 Å². The van der Waals surface area contributed by atoms with Crippen molar-refractivity contribution in [3.63, 3.8) is 0 Å². The third kappa shape index (κ3) is 4.04. The van der Waals surface area contributed by atoms with Gasteiger partial charge >= 0.3 is 5.97 Å². The predicted molar refractivity (Wildman–Crippen MR) is 97.8 cm³/mol. The van der Waals surface area contributed by atoms with Crippen molar-refractivity contribution in [1.29, 1.82) is 0 Å². The van der Waals surface area contributed by atoms with Crippen molar-refractivity contribution in [1.82, 2.24) is 14.7 Å². The van der Waals surface area contributed by atoms with Crippen LogP contribution in [0.2, 0.25) is 0 Å². The Kier molecular flexibility index (Phi) is 5.33. The number of H-pyrrole nitrogens is 1. The lowest BCUT2D eigenvalue weighted by Crippen LogP contribution is -2.26. The Morgan fingerprint density at radius 2 is 2.04 bits per heavy atom. The van der Waals surface area contributed by atoms with E-state index in [1.54, 1.807) is 24.3 Å². The fraction of sp³-hybridized carbons (Fsp3) is 0.167. The van der Waals surface area contributed by atoms with Gasteiger partial charge in [-0.25, -0.2) is 18.1 Å². The lowest BCUT2D eigenvalue weighted by molar-refractivity contribution is -0.140. The Hall–Kier alpha value is -3.04. The molecule has 0 fully saturated rings. The van der Waals surface area contributed by atoms with Crippen molar-refractivity contribution in [3.05, 3.63) is 60.2 Å². The molecule has 0 atom stereocenters. The number of nitrogens with one attached hydrogen (secondary N) is 2. The molecular formula is C18H17N3O5S. The summed E-state index contributed by atoms with van der Waals surface area (Å²) in [6, 6.07) is 9.59. The second-order valence-corrected chi connectivity index (χ2v) is 7.47. The van der Waals surface area contributed by atoms with Crippen molar-refractivity contribution >= 4 is 32.5 Å². The van der Waals surface area contributed by atoms with Crippen LogP contribution in [-0.2, 0) is 19.6 Å². The molecule has 1 aromatic heterocycles. The summed E-state index contributed by atoms with van der Waals surface area (Å²) in [6.45, 7) is -0.0641. The van der Waals surface area contributed by atoms with E-state index >= 15 is 0 Å². The van der Waals surface area contributed by atoms with Crippen LogP contribution < -0.4 is 4.72 Å². The molecule has 3 aromatic rings. The molecular weight excluding hydrogens is 370 g/mol. The number of hydrogen-bond donors (Lipinski definition) is 2. The average molecular weight is 387 g/mol. The highest BCUT2D eigenvalue weighted by molar-refractivity contribution is 7.89. The first-order chi connectivity index (χ1) is 12.9. The number of benzene rings is 2. The number of carbonyl (C=O) groups is 2. The summed E-state index contributed by atoms with van der Waals surface area (Å²) in [5, 5.41) is 1.24. The highest BCUT2D eigenvalue weighted by Crippen LogP contribution is 2.24. The molecule has 2 aromatic carbocycles. The van der Waals surface area contributed by atoms with Crippen LogP contribution in [0, 0.1) is 0 Å². The molecule has 0 aliphatic carbocycles. The maximum absolute atomic E-state index is 12.6. The number of sulfonamides is 1. The van der Waals surface area contributed by atoms with E-state index in [9.17, 15) is 18.0 Å². The van der Waals surface area contributed by atoms with Gasteiger partial charge in [-0.05, 0) is 22.9 Å². The van der Waals surface area contributed by atoms with Gasteiger partial charge in [0.15, 0.2) is 0 Å². The van der Waals surface area contributed by atoms with Crippen molar-refractivity contribution in [2.45, 2.75) is 11.3 Å². The number of nitrogens with zero attached hydrogens (tertiary/aromatic N) is 1. The highest BCUT2D eigenvalue weighted by Gasteiger charge is 2.18. The van der Waals surface area contributed by atoms with Gasteiger partial charge in [-0.1, -0.05) is 24.3 Å². The Balaban J connectivity index is 1.90. The summed E-state index contributed by atoms with van der Waals surface area (Å²) in [7, 11) is -2.55. The number of aromatic nitrogens is 2. The van der Waals surface area contributed by atoms with Crippen LogP contribution in [0.1, 0.15) is 22.5 Å². The number of methoxy groups -OCH3 is 1. The predicted octanol–water partition coefficient (Wildman–Crippen LogP) is 1.64. The second-order valence-electron chi connectivity index (χ2n) is 5.71. The molecule has 0 radical (unpaired) electrons. The van der Waals surface area contributed by atoms with Gasteiger partial charge in [0.2, 0.25) is 15.8 Å². The van der Waals surface area contributed by atoms with Crippen LogP contribution >= 0.6 is 0 Å². The SMILES string of the molecule is COC(=O)CCNS(=O)(=O)c1ccc2c(C(=O)c3cnc[nH]3)cccc2c1. The molecule has 0 saturated carbocycles. The van der Waals surface area contributed by atoms with Gasteiger partial charge in [0.25, 0.3) is 0 Å². The fourth-order valence-electron chi connectivity index (χ4n) is 2.62. The minimum absolute atomic E-state index is 0.0472. The first-order valence-corrected chi connectivity index (χ1v) is 9.53. The Bertz CT molecular complexity index is 1090. The molecule has 0 bridgehead atoms. The van der Waals surface area contributed by atoms with E-state index in [1.807, 2.05) is 0 Å². The third-order valence-electron chi connectivity index (χ3n) is 4.00. The summed E-state index contributed by atoms with van der Waals surface area (Å²) in [5.74, 6) is -0.733. The second kappa shape index (κ2) is 7.68. The normalized spacial score (nSPS) is 11.4. The third-order valence-corrected chi connectivity index (χ3v) is 5.46. The average Bonchev–Trinajstić information content (AvgIpc) is 3.21. The molecule has 9 heteroatoms. The van der Waals surface area contributed by atoms with Gasteiger partial charge in [0.05, 0.1) is 31.0 Å². The number of aromatic amines is 1. The Morgan fingerprint density at radius 1 is 1.22 bits per heavy atom. The largest absolute Gasteiger partial charge is 0.469 e. The monoisotopic (exact) mass is 387 g/mol. The molecule has 1 heterocycles. The smallest absolute Gasteiger partial charge is 0.306 e. The molecule has 8 nitrogen and oxygen atoms in total. The topological polar surface area (TPSA) is 118 Å². The van der Waals surface area contributed by atoms with E-state index in [0.29, 0.717) is 22.0 Å². The molecule has 0 unspecified atom stereocenters. The summed E-state index contributed by atoms with van der Waals surface area (Å²) in [5.41, 5.74) is 0.794. The van der Waals surface area contributed by atoms with Gasteiger partial charge in [-0.3, -0.25) is 9.59 Å². The molecule has 0 aliphatic heterocycles. The number of hydrogen-bond acceptors (Lipinski definition) is 6. The molecule has 27 heavy (non-hydrogen) atoms. The number of carbonyl (C=O) groups excluding carboxylic acids is 2. The van der Waals surface area contributed by atoms with E-state index in [2.05, 4.69) is 19.4 Å². The molecule has 0 aliphatic rings. The van der Waals surface area contributed by atoms with E-state index in [4.69, 9.17) is 0 Å². The van der Waals surface area contributed by atoms with E-state index < -0.39 is 16.0 Å². The van der Waals surface area contributed by atoms with Gasteiger partial charge < -0.3 is 9.72 Å². The number of fused-ring (bicyclic) bond motifs is 1. The summed E-state index contributed by atoms with van der Waals surface area (Å²) in [6.07, 6.45) is 2.79. The minimum Gasteiger partial charge on any atom is -0.469 e. The molecule has 140 valence electrons. The Labute approximate surface area is 155 Å².